The second-order valence-electron chi connectivity index (χ2n) is 7.82. The summed E-state index contributed by atoms with van der Waals surface area (Å²) in [5.41, 5.74) is 3.25. The number of amides is 1. The van der Waals surface area contributed by atoms with Crippen LogP contribution in [-0.2, 0) is 6.42 Å². The van der Waals surface area contributed by atoms with Crippen LogP contribution in [0.1, 0.15) is 33.4 Å². The molecule has 5 rings (SSSR count). The highest BCUT2D eigenvalue weighted by molar-refractivity contribution is 5.94. The third kappa shape index (κ3) is 3.64. The number of carbonyl (C=O) groups is 1. The number of nitrogens with one attached hydrogen (secondary N) is 1. The van der Waals surface area contributed by atoms with Gasteiger partial charge in [0.05, 0.1) is 19.4 Å². The molecule has 11 nitrogen and oxygen atoms in total. The van der Waals surface area contributed by atoms with Gasteiger partial charge in [-0.15, -0.1) is 5.10 Å². The summed E-state index contributed by atoms with van der Waals surface area (Å²) in [6.07, 6.45) is 0.828. The zero-order valence-corrected chi connectivity index (χ0v) is 18.3. The first-order chi connectivity index (χ1) is 16.1. The maximum absolute atomic E-state index is 12.1. The van der Waals surface area contributed by atoms with E-state index >= 15 is 0 Å². The van der Waals surface area contributed by atoms with Gasteiger partial charge in [-0.1, -0.05) is 0 Å². The largest absolute Gasteiger partial charge is 0.492 e. The second kappa shape index (κ2) is 8.68. The fourth-order valence-electron chi connectivity index (χ4n) is 4.33. The zero-order chi connectivity index (χ0) is 22.9. The molecule has 3 aromatic rings. The third-order valence-electron chi connectivity index (χ3n) is 5.91. The lowest BCUT2D eigenvalue weighted by atomic mass is 9.90. The Kier molecular flexibility index (Phi) is 5.56. The minimum Gasteiger partial charge on any atom is -0.492 e. The number of hydrogen-bond donors (Lipinski definition) is 2. The van der Waals surface area contributed by atoms with Gasteiger partial charge in [0.2, 0.25) is 12.5 Å². The van der Waals surface area contributed by atoms with E-state index in [0.717, 1.165) is 24.1 Å². The maximum atomic E-state index is 12.1. The van der Waals surface area contributed by atoms with E-state index in [4.69, 9.17) is 19.3 Å². The number of likely N-dealkylation sites (N-methyl/N-ethyl adjacent to an activating group) is 1. The quantitative estimate of drug-likeness (QED) is 0.556. The third-order valence-corrected chi connectivity index (χ3v) is 5.91. The molecule has 0 bridgehead atoms. The molecule has 1 unspecified atom stereocenters. The van der Waals surface area contributed by atoms with Crippen LogP contribution in [0, 0.1) is 0 Å². The molecule has 0 aliphatic carbocycles. The summed E-state index contributed by atoms with van der Waals surface area (Å²) in [5, 5.41) is 24.1. The van der Waals surface area contributed by atoms with Gasteiger partial charge in [-0.05, 0) is 59.8 Å². The smallest absolute Gasteiger partial charge is 0.251 e. The van der Waals surface area contributed by atoms with Gasteiger partial charge in [0.25, 0.3) is 5.91 Å². The van der Waals surface area contributed by atoms with Crippen molar-refractivity contribution in [3.8, 4) is 22.9 Å². The molecule has 11 heteroatoms. The predicted octanol–water partition coefficient (Wildman–Crippen LogP) is 0.699. The van der Waals surface area contributed by atoms with Gasteiger partial charge in [-0.2, -0.15) is 4.68 Å². The summed E-state index contributed by atoms with van der Waals surface area (Å²) in [5.74, 6) is 2.27. The molecular formula is C22H24N6O5. The van der Waals surface area contributed by atoms with Crippen LogP contribution in [-0.4, -0.2) is 76.8 Å². The first-order valence-corrected chi connectivity index (χ1v) is 10.6. The molecule has 3 heterocycles. The molecule has 0 fully saturated rings. The number of methoxy groups -OCH3 is 1. The molecule has 1 atom stereocenters. The molecular weight excluding hydrogens is 428 g/mol. The number of rotatable bonds is 6. The summed E-state index contributed by atoms with van der Waals surface area (Å²) in [7, 11) is 3.64. The van der Waals surface area contributed by atoms with E-state index in [1.807, 2.05) is 13.1 Å². The summed E-state index contributed by atoms with van der Waals surface area (Å²) >= 11 is 0. The Balaban J connectivity index is 1.54. The highest BCUT2D eigenvalue weighted by Crippen LogP contribution is 2.50. The number of aromatic nitrogens is 4. The Morgan fingerprint density at radius 2 is 2.12 bits per heavy atom. The average Bonchev–Trinajstić information content (AvgIpc) is 3.51. The van der Waals surface area contributed by atoms with E-state index in [1.165, 1.54) is 0 Å². The fraction of sp³-hybridized carbons (Fsp3) is 0.364. The standard InChI is InChI=1S/C22H24N6O5/c1-27-9-7-14-11-16-19(33-12-32-16)20(31-2)17(14)18(27)21-24-25-26-28(21)15-5-3-13(4-6-15)22(30)23-8-10-29/h3-6,11,18,29H,7-10,12H2,1-2H3,(H,23,30). The molecule has 2 aromatic carbocycles. The van der Waals surface area contributed by atoms with Crippen LogP contribution in [0.5, 0.6) is 17.2 Å². The molecule has 2 aliphatic heterocycles. The minimum atomic E-state index is -0.277. The van der Waals surface area contributed by atoms with E-state index in [0.29, 0.717) is 34.3 Å². The fourth-order valence-corrected chi connectivity index (χ4v) is 4.33. The molecule has 172 valence electrons. The highest BCUT2D eigenvalue weighted by atomic mass is 16.7. The van der Waals surface area contributed by atoms with Crippen molar-refractivity contribution >= 4 is 5.91 Å². The lowest BCUT2D eigenvalue weighted by Gasteiger charge is -2.34. The number of aliphatic hydroxyl groups excluding tert-OH is 1. The maximum Gasteiger partial charge on any atom is 0.251 e. The van der Waals surface area contributed by atoms with Crippen LogP contribution in [0.2, 0.25) is 0 Å². The topological polar surface area (TPSA) is 124 Å². The zero-order valence-electron chi connectivity index (χ0n) is 18.3. The Morgan fingerprint density at radius 1 is 1.30 bits per heavy atom. The van der Waals surface area contributed by atoms with Crippen LogP contribution < -0.4 is 19.5 Å². The first kappa shape index (κ1) is 21.2. The summed E-state index contributed by atoms with van der Waals surface area (Å²) in [6, 6.07) is 8.70. The van der Waals surface area contributed by atoms with E-state index in [2.05, 4.69) is 25.7 Å². The number of ether oxygens (including phenoxy) is 3. The van der Waals surface area contributed by atoms with Crippen molar-refractivity contribution in [3.05, 3.63) is 52.8 Å². The highest BCUT2D eigenvalue weighted by Gasteiger charge is 2.37. The Hall–Kier alpha value is -3.70. The summed E-state index contributed by atoms with van der Waals surface area (Å²) in [6.45, 7) is 1.05. The van der Waals surface area contributed by atoms with Gasteiger partial charge < -0.3 is 24.6 Å². The lowest BCUT2D eigenvalue weighted by molar-refractivity contribution is 0.0944. The molecule has 0 saturated heterocycles. The van der Waals surface area contributed by atoms with E-state index in [-0.39, 0.29) is 31.9 Å². The van der Waals surface area contributed by atoms with Crippen LogP contribution in [0.15, 0.2) is 30.3 Å². The van der Waals surface area contributed by atoms with E-state index in [9.17, 15) is 4.79 Å². The molecule has 33 heavy (non-hydrogen) atoms. The normalized spacial score (nSPS) is 17.0. The number of tetrazole rings is 1. The molecule has 0 saturated carbocycles. The van der Waals surface area contributed by atoms with Crippen molar-refractivity contribution in [3.63, 3.8) is 0 Å². The van der Waals surface area contributed by atoms with Crippen LogP contribution >= 0.6 is 0 Å². The molecule has 2 aliphatic rings. The molecule has 1 aromatic heterocycles. The van der Waals surface area contributed by atoms with E-state index < -0.39 is 0 Å². The van der Waals surface area contributed by atoms with E-state index in [1.54, 1.807) is 36.1 Å². The number of aliphatic hydroxyl groups is 1. The van der Waals surface area contributed by atoms with Crippen molar-refractivity contribution in [1.82, 2.24) is 30.4 Å². The minimum absolute atomic E-state index is 0.113. The van der Waals surface area contributed by atoms with Gasteiger partial charge in [0.15, 0.2) is 17.3 Å². The van der Waals surface area contributed by atoms with Crippen molar-refractivity contribution in [2.45, 2.75) is 12.5 Å². The van der Waals surface area contributed by atoms with Crippen LogP contribution in [0.3, 0.4) is 0 Å². The Labute approximate surface area is 189 Å². The number of benzene rings is 2. The van der Waals surface area contributed by atoms with Gasteiger partial charge in [-0.25, -0.2) is 0 Å². The lowest BCUT2D eigenvalue weighted by Crippen LogP contribution is -2.35. The van der Waals surface area contributed by atoms with Crippen molar-refractivity contribution < 1.29 is 24.1 Å². The van der Waals surface area contributed by atoms with Gasteiger partial charge in [-0.3, -0.25) is 9.69 Å². The SMILES string of the molecule is COc1c2c(cc3c1C(c1nnnn1-c1ccc(C(=O)NCCO)cc1)N(C)CC3)OCO2. The van der Waals surface area contributed by atoms with Gasteiger partial charge in [0.1, 0.15) is 6.04 Å². The van der Waals surface area contributed by atoms with Gasteiger partial charge in [0, 0.05) is 24.2 Å². The monoisotopic (exact) mass is 452 g/mol. The van der Waals surface area contributed by atoms with Gasteiger partial charge >= 0.3 is 0 Å². The number of nitrogens with zero attached hydrogens (tertiary/aromatic N) is 5. The number of hydrogen-bond acceptors (Lipinski definition) is 9. The molecule has 2 N–H and O–H groups in total. The Morgan fingerprint density at radius 3 is 2.88 bits per heavy atom. The predicted molar refractivity (Wildman–Crippen MR) is 116 cm³/mol. The first-order valence-electron chi connectivity index (χ1n) is 10.6. The summed E-state index contributed by atoms with van der Waals surface area (Å²) < 4.78 is 18.7. The number of fused-ring (bicyclic) bond motifs is 2. The second-order valence-corrected chi connectivity index (χ2v) is 7.82. The van der Waals surface area contributed by atoms with Crippen LogP contribution in [0.4, 0.5) is 0 Å². The van der Waals surface area contributed by atoms with Crippen LogP contribution in [0.25, 0.3) is 5.69 Å². The molecule has 1 amide bonds. The molecule has 0 spiro atoms. The van der Waals surface area contributed by atoms with Crippen molar-refractivity contribution in [2.24, 2.45) is 0 Å². The average molecular weight is 452 g/mol. The van der Waals surface area contributed by atoms with Crippen molar-refractivity contribution in [1.29, 1.82) is 0 Å². The number of carbonyl (C=O) groups excluding carboxylic acids is 1. The Bertz CT molecular complexity index is 1180. The van der Waals surface area contributed by atoms with Crippen molar-refractivity contribution in [2.75, 3.05) is 40.6 Å². The summed E-state index contributed by atoms with van der Waals surface area (Å²) in [4.78, 5) is 14.3. The molecule has 0 radical (unpaired) electrons.